The molecule has 4 nitrogen and oxygen atoms in total. The first-order chi connectivity index (χ1) is 11.4. The topological polar surface area (TPSA) is 55.4 Å². The summed E-state index contributed by atoms with van der Waals surface area (Å²) < 4.78 is 30.1. The van der Waals surface area contributed by atoms with E-state index in [-0.39, 0.29) is 16.9 Å². The highest BCUT2D eigenvalue weighted by Crippen LogP contribution is 2.37. The van der Waals surface area contributed by atoms with Gasteiger partial charge in [-0.3, -0.25) is 4.18 Å². The van der Waals surface area contributed by atoms with Crippen molar-refractivity contribution >= 4 is 10.1 Å². The number of allylic oxidation sites excluding steroid dienone is 1. The highest BCUT2D eigenvalue weighted by Gasteiger charge is 2.37. The van der Waals surface area contributed by atoms with E-state index < -0.39 is 10.1 Å². The maximum Gasteiger partial charge on any atom is 0.297 e. The largest absolute Gasteiger partial charge is 0.387 e. The molecule has 1 N–H and O–H groups in total. The molecule has 1 heterocycles. The van der Waals surface area contributed by atoms with Crippen LogP contribution in [0.3, 0.4) is 0 Å². The first-order valence-electron chi connectivity index (χ1n) is 7.87. The maximum atomic E-state index is 12.4. The van der Waals surface area contributed by atoms with E-state index in [0.717, 1.165) is 23.4 Å². The van der Waals surface area contributed by atoms with Gasteiger partial charge in [-0.15, -0.1) is 0 Å². The van der Waals surface area contributed by atoms with Crippen molar-refractivity contribution in [2.75, 3.05) is 13.2 Å². The Bertz CT molecular complexity index is 845. The number of hydrogen-bond acceptors (Lipinski definition) is 4. The van der Waals surface area contributed by atoms with E-state index >= 15 is 0 Å². The van der Waals surface area contributed by atoms with Gasteiger partial charge in [-0.25, -0.2) is 0 Å². The molecule has 0 fully saturated rings. The van der Waals surface area contributed by atoms with Crippen molar-refractivity contribution in [3.05, 3.63) is 77.5 Å². The lowest BCUT2D eigenvalue weighted by Gasteiger charge is -2.27. The SMILES string of the molecule is CC1=C(COS(=O)(=O)c2ccccc2)C(C)(c2ccccc2)CN1. The van der Waals surface area contributed by atoms with Gasteiger partial charge in [-0.2, -0.15) is 8.42 Å². The van der Waals surface area contributed by atoms with E-state index in [9.17, 15) is 8.42 Å². The Kier molecular flexibility index (Phi) is 4.47. The summed E-state index contributed by atoms with van der Waals surface area (Å²) in [4.78, 5) is 0.177. The van der Waals surface area contributed by atoms with E-state index in [1.165, 1.54) is 0 Å². The third kappa shape index (κ3) is 3.09. The van der Waals surface area contributed by atoms with Gasteiger partial charge in [0.15, 0.2) is 0 Å². The molecule has 1 unspecified atom stereocenters. The third-order valence-electron chi connectivity index (χ3n) is 4.63. The summed E-state index contributed by atoms with van der Waals surface area (Å²) in [6.07, 6.45) is 0. The summed E-state index contributed by atoms with van der Waals surface area (Å²) >= 11 is 0. The van der Waals surface area contributed by atoms with Crippen LogP contribution >= 0.6 is 0 Å². The van der Waals surface area contributed by atoms with Crippen molar-refractivity contribution in [3.8, 4) is 0 Å². The summed E-state index contributed by atoms with van der Waals surface area (Å²) in [6, 6.07) is 18.3. The number of hydrogen-bond donors (Lipinski definition) is 1. The fourth-order valence-corrected chi connectivity index (χ4v) is 3.98. The highest BCUT2D eigenvalue weighted by molar-refractivity contribution is 7.86. The highest BCUT2D eigenvalue weighted by atomic mass is 32.2. The van der Waals surface area contributed by atoms with E-state index in [0.29, 0.717) is 0 Å². The molecule has 0 aromatic heterocycles. The zero-order chi connectivity index (χ0) is 17.2. The van der Waals surface area contributed by atoms with E-state index in [1.807, 2.05) is 25.1 Å². The molecule has 2 aromatic rings. The van der Waals surface area contributed by atoms with Gasteiger partial charge in [0.05, 0.1) is 11.5 Å². The Hall–Kier alpha value is -2.11. The zero-order valence-corrected chi connectivity index (χ0v) is 14.6. The molecular formula is C19H21NO3S. The quantitative estimate of drug-likeness (QED) is 0.847. The molecule has 5 heteroatoms. The van der Waals surface area contributed by atoms with Gasteiger partial charge in [-0.05, 0) is 37.1 Å². The van der Waals surface area contributed by atoms with Gasteiger partial charge in [0.1, 0.15) is 0 Å². The van der Waals surface area contributed by atoms with Crippen molar-refractivity contribution in [1.29, 1.82) is 0 Å². The molecule has 126 valence electrons. The predicted octanol–water partition coefficient (Wildman–Crippen LogP) is 3.23. The minimum Gasteiger partial charge on any atom is -0.387 e. The Balaban J connectivity index is 1.85. The Morgan fingerprint density at radius 3 is 2.25 bits per heavy atom. The first-order valence-corrected chi connectivity index (χ1v) is 9.28. The summed E-state index contributed by atoms with van der Waals surface area (Å²) in [5.74, 6) is 0. The molecule has 3 rings (SSSR count). The van der Waals surface area contributed by atoms with Crippen LogP contribution < -0.4 is 5.32 Å². The van der Waals surface area contributed by atoms with Crippen molar-refractivity contribution in [1.82, 2.24) is 5.32 Å². The monoisotopic (exact) mass is 343 g/mol. The van der Waals surface area contributed by atoms with Crippen molar-refractivity contribution < 1.29 is 12.6 Å². The molecule has 0 aliphatic carbocycles. The van der Waals surface area contributed by atoms with Crippen LogP contribution in [-0.2, 0) is 19.7 Å². The zero-order valence-electron chi connectivity index (χ0n) is 13.8. The van der Waals surface area contributed by atoms with Crippen molar-refractivity contribution in [2.24, 2.45) is 0 Å². The fourth-order valence-electron chi connectivity index (χ4n) is 3.08. The molecular weight excluding hydrogens is 322 g/mol. The molecule has 1 aliphatic heterocycles. The minimum absolute atomic E-state index is 0.0431. The maximum absolute atomic E-state index is 12.4. The molecule has 0 radical (unpaired) electrons. The van der Waals surface area contributed by atoms with Crippen LogP contribution in [0, 0.1) is 0 Å². The Labute approximate surface area is 143 Å². The lowest BCUT2D eigenvalue weighted by Crippen LogP contribution is -2.30. The molecule has 24 heavy (non-hydrogen) atoms. The van der Waals surface area contributed by atoms with Crippen molar-refractivity contribution in [3.63, 3.8) is 0 Å². The molecule has 1 atom stereocenters. The summed E-state index contributed by atoms with van der Waals surface area (Å²) in [7, 11) is -3.77. The van der Waals surface area contributed by atoms with Gasteiger partial charge in [0.2, 0.25) is 0 Å². The number of nitrogens with one attached hydrogen (secondary N) is 1. The predicted molar refractivity (Wildman–Crippen MR) is 94.1 cm³/mol. The second-order valence-corrected chi connectivity index (χ2v) is 7.80. The molecule has 0 amide bonds. The van der Waals surface area contributed by atoms with Crippen LogP contribution in [0.1, 0.15) is 19.4 Å². The second-order valence-electron chi connectivity index (χ2n) is 6.18. The van der Waals surface area contributed by atoms with Crippen LogP contribution in [0.2, 0.25) is 0 Å². The number of rotatable bonds is 5. The van der Waals surface area contributed by atoms with Crippen molar-refractivity contribution in [2.45, 2.75) is 24.2 Å². The average Bonchev–Trinajstić information content (AvgIpc) is 2.90. The molecule has 0 saturated carbocycles. The summed E-state index contributed by atoms with van der Waals surface area (Å²) in [5, 5.41) is 3.34. The molecule has 1 aliphatic rings. The first kappa shape index (κ1) is 16.7. The Morgan fingerprint density at radius 1 is 1.04 bits per heavy atom. The van der Waals surface area contributed by atoms with E-state index in [4.69, 9.17) is 4.18 Å². The van der Waals surface area contributed by atoms with E-state index in [2.05, 4.69) is 24.4 Å². The number of benzene rings is 2. The van der Waals surface area contributed by atoms with Gasteiger partial charge in [0, 0.05) is 17.7 Å². The van der Waals surface area contributed by atoms with Crippen LogP contribution in [0.4, 0.5) is 0 Å². The van der Waals surface area contributed by atoms with Crippen LogP contribution in [-0.4, -0.2) is 21.6 Å². The van der Waals surface area contributed by atoms with E-state index in [1.54, 1.807) is 30.3 Å². The molecule has 0 saturated heterocycles. The molecule has 0 spiro atoms. The normalized spacial score (nSPS) is 20.9. The molecule has 0 bridgehead atoms. The van der Waals surface area contributed by atoms with Crippen LogP contribution in [0.25, 0.3) is 0 Å². The lowest BCUT2D eigenvalue weighted by molar-refractivity contribution is 0.331. The van der Waals surface area contributed by atoms with Gasteiger partial charge >= 0.3 is 0 Å². The van der Waals surface area contributed by atoms with Crippen LogP contribution in [0.15, 0.2) is 76.8 Å². The smallest absolute Gasteiger partial charge is 0.297 e. The standard InChI is InChI=1S/C19H21NO3S/c1-15-18(13-23-24(21,22)17-11-7-4-8-12-17)19(2,14-20-15)16-9-5-3-6-10-16/h3-12,20H,13-14H2,1-2H3. The fraction of sp³-hybridized carbons (Fsp3) is 0.263. The van der Waals surface area contributed by atoms with Crippen LogP contribution in [0.5, 0.6) is 0 Å². The Morgan fingerprint density at radius 2 is 1.62 bits per heavy atom. The molecule has 2 aromatic carbocycles. The second kappa shape index (κ2) is 6.42. The van der Waals surface area contributed by atoms with Gasteiger partial charge < -0.3 is 5.32 Å². The van der Waals surface area contributed by atoms with Gasteiger partial charge in [0.25, 0.3) is 10.1 Å². The lowest BCUT2D eigenvalue weighted by atomic mass is 9.77. The van der Waals surface area contributed by atoms with Gasteiger partial charge in [-0.1, -0.05) is 48.5 Å². The summed E-state index contributed by atoms with van der Waals surface area (Å²) in [6.45, 7) is 4.84. The summed E-state index contributed by atoms with van der Waals surface area (Å²) in [5.41, 5.74) is 2.81. The third-order valence-corrected chi connectivity index (χ3v) is 5.90. The average molecular weight is 343 g/mol. The minimum atomic E-state index is -3.77.